The number of hydrogen-bond acceptors (Lipinski definition) is 1. The van der Waals surface area contributed by atoms with Crippen LogP contribution in [0.1, 0.15) is 47.0 Å². The number of hydrogen-bond donors (Lipinski definition) is 1. The van der Waals surface area contributed by atoms with Crippen molar-refractivity contribution in [2.75, 3.05) is 6.54 Å². The van der Waals surface area contributed by atoms with Gasteiger partial charge in [0.15, 0.2) is 0 Å². The quantitative estimate of drug-likeness (QED) is 0.690. The minimum absolute atomic E-state index is 0.592. The Kier molecular flexibility index (Phi) is 1.99. The van der Waals surface area contributed by atoms with E-state index in [-0.39, 0.29) is 0 Å². The van der Waals surface area contributed by atoms with Gasteiger partial charge in [0.1, 0.15) is 0 Å². The molecule has 1 nitrogen and oxygen atoms in total. The maximum atomic E-state index is 3.62. The normalized spacial score (nSPS) is 29.1. The van der Waals surface area contributed by atoms with Crippen molar-refractivity contribution in [1.82, 2.24) is 5.32 Å². The molecule has 1 N–H and O–H groups in total. The summed E-state index contributed by atoms with van der Waals surface area (Å²) in [5.41, 5.74) is 1.24. The standard InChI is InChI=1S/C12H23N/c1-9(2)12(10(3)4)7-11(8-12)5-6-13-11/h9-10,13H,5-8H2,1-4H3. The van der Waals surface area contributed by atoms with E-state index in [0.29, 0.717) is 11.0 Å². The van der Waals surface area contributed by atoms with Crippen LogP contribution < -0.4 is 5.32 Å². The average molecular weight is 181 g/mol. The Labute approximate surface area is 82.3 Å². The number of nitrogens with one attached hydrogen (secondary N) is 1. The maximum absolute atomic E-state index is 3.62. The average Bonchev–Trinajstić information content (AvgIpc) is 1.78. The monoisotopic (exact) mass is 181 g/mol. The molecule has 0 amide bonds. The van der Waals surface area contributed by atoms with Crippen LogP contribution >= 0.6 is 0 Å². The lowest BCUT2D eigenvalue weighted by molar-refractivity contribution is -0.104. The fourth-order valence-corrected chi connectivity index (χ4v) is 3.47. The van der Waals surface area contributed by atoms with E-state index in [1.165, 1.54) is 25.8 Å². The maximum Gasteiger partial charge on any atom is 0.0204 e. The molecule has 0 atom stereocenters. The van der Waals surface area contributed by atoms with Crippen molar-refractivity contribution in [3.05, 3.63) is 0 Å². The summed E-state index contributed by atoms with van der Waals surface area (Å²) >= 11 is 0. The summed E-state index contributed by atoms with van der Waals surface area (Å²) in [7, 11) is 0. The van der Waals surface area contributed by atoms with Crippen molar-refractivity contribution in [1.29, 1.82) is 0 Å². The molecular weight excluding hydrogens is 158 g/mol. The summed E-state index contributed by atoms with van der Waals surface area (Å²) in [5, 5.41) is 3.62. The highest BCUT2D eigenvalue weighted by molar-refractivity contribution is 5.15. The van der Waals surface area contributed by atoms with E-state index in [1.807, 2.05) is 0 Å². The van der Waals surface area contributed by atoms with Crippen molar-refractivity contribution >= 4 is 0 Å². The van der Waals surface area contributed by atoms with Crippen LogP contribution in [-0.4, -0.2) is 12.1 Å². The second-order valence-corrected chi connectivity index (χ2v) is 5.85. The smallest absolute Gasteiger partial charge is 0.0204 e. The summed E-state index contributed by atoms with van der Waals surface area (Å²) < 4.78 is 0. The van der Waals surface area contributed by atoms with Gasteiger partial charge in [0.2, 0.25) is 0 Å². The van der Waals surface area contributed by atoms with E-state index in [4.69, 9.17) is 0 Å². The summed E-state index contributed by atoms with van der Waals surface area (Å²) in [6.07, 6.45) is 4.28. The van der Waals surface area contributed by atoms with Gasteiger partial charge in [-0.05, 0) is 43.1 Å². The third kappa shape index (κ3) is 1.16. The lowest BCUT2D eigenvalue weighted by Gasteiger charge is -2.65. The first kappa shape index (κ1) is 9.51. The highest BCUT2D eigenvalue weighted by Gasteiger charge is 2.59. The van der Waals surface area contributed by atoms with Crippen molar-refractivity contribution in [2.24, 2.45) is 17.3 Å². The van der Waals surface area contributed by atoms with Gasteiger partial charge in [-0.2, -0.15) is 0 Å². The van der Waals surface area contributed by atoms with Crippen LogP contribution in [0.25, 0.3) is 0 Å². The van der Waals surface area contributed by atoms with Gasteiger partial charge in [0.25, 0.3) is 0 Å². The zero-order valence-corrected chi connectivity index (χ0v) is 9.48. The second-order valence-electron chi connectivity index (χ2n) is 5.85. The van der Waals surface area contributed by atoms with Gasteiger partial charge < -0.3 is 5.32 Å². The molecule has 0 bridgehead atoms. The van der Waals surface area contributed by atoms with E-state index in [1.54, 1.807) is 0 Å². The van der Waals surface area contributed by atoms with Crippen LogP contribution in [0, 0.1) is 17.3 Å². The van der Waals surface area contributed by atoms with E-state index < -0.39 is 0 Å². The third-order valence-electron chi connectivity index (χ3n) is 4.74. The zero-order valence-electron chi connectivity index (χ0n) is 9.48. The molecular formula is C12H23N. The lowest BCUT2D eigenvalue weighted by Crippen LogP contribution is -2.70. The molecule has 76 valence electrons. The van der Waals surface area contributed by atoms with E-state index in [2.05, 4.69) is 33.0 Å². The topological polar surface area (TPSA) is 12.0 Å². The Morgan fingerprint density at radius 2 is 1.46 bits per heavy atom. The van der Waals surface area contributed by atoms with Gasteiger partial charge in [-0.15, -0.1) is 0 Å². The molecule has 0 radical (unpaired) electrons. The molecule has 0 unspecified atom stereocenters. The highest BCUT2D eigenvalue weighted by Crippen LogP contribution is 2.60. The first-order chi connectivity index (χ1) is 6.01. The van der Waals surface area contributed by atoms with Crippen LogP contribution in [0.2, 0.25) is 0 Å². The molecule has 1 aliphatic heterocycles. The minimum Gasteiger partial charge on any atom is -0.311 e. The van der Waals surface area contributed by atoms with E-state index in [9.17, 15) is 0 Å². The van der Waals surface area contributed by atoms with Gasteiger partial charge in [-0.25, -0.2) is 0 Å². The molecule has 2 aliphatic rings. The molecule has 1 spiro atoms. The van der Waals surface area contributed by atoms with E-state index in [0.717, 1.165) is 11.8 Å². The summed E-state index contributed by atoms with van der Waals surface area (Å²) in [6.45, 7) is 10.8. The van der Waals surface area contributed by atoms with Crippen LogP contribution in [-0.2, 0) is 0 Å². The molecule has 1 saturated carbocycles. The van der Waals surface area contributed by atoms with Crippen molar-refractivity contribution in [3.8, 4) is 0 Å². The summed E-state index contributed by atoms with van der Waals surface area (Å²) in [4.78, 5) is 0. The van der Waals surface area contributed by atoms with Gasteiger partial charge in [0, 0.05) is 5.54 Å². The minimum atomic E-state index is 0.592. The molecule has 2 rings (SSSR count). The summed E-state index contributed by atoms with van der Waals surface area (Å²) in [6, 6.07) is 0. The Morgan fingerprint density at radius 1 is 1.00 bits per heavy atom. The van der Waals surface area contributed by atoms with Crippen molar-refractivity contribution in [2.45, 2.75) is 52.5 Å². The fraction of sp³-hybridized carbons (Fsp3) is 1.00. The zero-order chi connectivity index (χ0) is 9.69. The van der Waals surface area contributed by atoms with Crippen LogP contribution in [0.4, 0.5) is 0 Å². The summed E-state index contributed by atoms with van der Waals surface area (Å²) in [5.74, 6) is 1.70. The van der Waals surface area contributed by atoms with Crippen LogP contribution in [0.5, 0.6) is 0 Å². The first-order valence-electron chi connectivity index (χ1n) is 5.76. The second kappa shape index (κ2) is 2.73. The Balaban J connectivity index is 2.04. The largest absolute Gasteiger partial charge is 0.311 e. The van der Waals surface area contributed by atoms with Crippen molar-refractivity contribution in [3.63, 3.8) is 0 Å². The molecule has 0 aromatic rings. The van der Waals surface area contributed by atoms with Crippen LogP contribution in [0.3, 0.4) is 0 Å². The van der Waals surface area contributed by atoms with Gasteiger partial charge in [0.05, 0.1) is 0 Å². The Bertz CT molecular complexity index is 183. The fourth-order valence-electron chi connectivity index (χ4n) is 3.47. The molecule has 13 heavy (non-hydrogen) atoms. The SMILES string of the molecule is CC(C)C1(C(C)C)CC2(CCN2)C1. The third-order valence-corrected chi connectivity index (χ3v) is 4.74. The lowest BCUT2D eigenvalue weighted by atomic mass is 9.46. The van der Waals surface area contributed by atoms with E-state index >= 15 is 0 Å². The number of rotatable bonds is 2. The molecule has 1 saturated heterocycles. The van der Waals surface area contributed by atoms with Crippen molar-refractivity contribution < 1.29 is 0 Å². The molecule has 1 aliphatic carbocycles. The molecule has 1 heteroatoms. The molecule has 1 heterocycles. The molecule has 2 fully saturated rings. The van der Waals surface area contributed by atoms with Gasteiger partial charge in [-0.1, -0.05) is 27.7 Å². The molecule has 0 aromatic heterocycles. The van der Waals surface area contributed by atoms with Crippen LogP contribution in [0.15, 0.2) is 0 Å². The highest BCUT2D eigenvalue weighted by atomic mass is 15.1. The first-order valence-corrected chi connectivity index (χ1v) is 5.76. The Morgan fingerprint density at radius 3 is 1.69 bits per heavy atom. The molecule has 0 aromatic carbocycles. The predicted molar refractivity (Wildman–Crippen MR) is 56.7 cm³/mol. The van der Waals surface area contributed by atoms with Gasteiger partial charge >= 0.3 is 0 Å². The Hall–Kier alpha value is -0.0400. The van der Waals surface area contributed by atoms with Gasteiger partial charge in [-0.3, -0.25) is 0 Å². The predicted octanol–water partition coefficient (Wildman–Crippen LogP) is 2.81.